The van der Waals surface area contributed by atoms with E-state index in [1.807, 2.05) is 13.8 Å². The van der Waals surface area contributed by atoms with Crippen LogP contribution >= 0.6 is 12.2 Å². The predicted octanol–water partition coefficient (Wildman–Crippen LogP) is 0.931. The summed E-state index contributed by atoms with van der Waals surface area (Å²) in [4.78, 5) is 8.40. The SMILES string of the molecule is CC(C)Nc1nccnc1C(N)=S. The molecule has 1 aromatic rings. The van der Waals surface area contributed by atoms with Crippen molar-refractivity contribution in [1.29, 1.82) is 0 Å². The van der Waals surface area contributed by atoms with Gasteiger partial charge in [-0.15, -0.1) is 0 Å². The molecule has 0 unspecified atom stereocenters. The second kappa shape index (κ2) is 4.13. The maximum absolute atomic E-state index is 5.48. The predicted molar refractivity (Wildman–Crippen MR) is 56.7 cm³/mol. The Labute approximate surface area is 82.6 Å². The van der Waals surface area contributed by atoms with Gasteiger partial charge < -0.3 is 11.1 Å². The number of nitrogens with one attached hydrogen (secondary N) is 1. The summed E-state index contributed by atoms with van der Waals surface area (Å²) in [6, 6.07) is 0.282. The first-order valence-electron chi connectivity index (χ1n) is 3.98. The van der Waals surface area contributed by atoms with Crippen molar-refractivity contribution in [3.05, 3.63) is 18.1 Å². The van der Waals surface area contributed by atoms with E-state index in [4.69, 9.17) is 18.0 Å². The summed E-state index contributed by atoms with van der Waals surface area (Å²) >= 11 is 4.84. The number of thiocarbonyl (C=S) groups is 1. The van der Waals surface area contributed by atoms with Crippen LogP contribution in [-0.2, 0) is 0 Å². The van der Waals surface area contributed by atoms with Crippen molar-refractivity contribution in [2.24, 2.45) is 5.73 Å². The minimum atomic E-state index is 0.260. The number of rotatable bonds is 3. The Morgan fingerprint density at radius 1 is 1.46 bits per heavy atom. The molecule has 0 aliphatic heterocycles. The molecule has 0 aliphatic rings. The largest absolute Gasteiger partial charge is 0.388 e. The Morgan fingerprint density at radius 3 is 2.62 bits per heavy atom. The molecule has 13 heavy (non-hydrogen) atoms. The van der Waals surface area contributed by atoms with Gasteiger partial charge in [0.2, 0.25) is 0 Å². The summed E-state index contributed by atoms with van der Waals surface area (Å²) in [6.07, 6.45) is 3.17. The molecule has 0 fully saturated rings. The zero-order valence-electron chi connectivity index (χ0n) is 7.61. The van der Waals surface area contributed by atoms with Gasteiger partial charge in [-0.2, -0.15) is 0 Å². The first-order valence-corrected chi connectivity index (χ1v) is 4.39. The number of nitrogens with zero attached hydrogens (tertiary/aromatic N) is 2. The number of hydrogen-bond donors (Lipinski definition) is 2. The highest BCUT2D eigenvalue weighted by atomic mass is 32.1. The topological polar surface area (TPSA) is 63.8 Å². The highest BCUT2D eigenvalue weighted by Gasteiger charge is 2.07. The summed E-state index contributed by atoms with van der Waals surface area (Å²) in [5.74, 6) is 0.644. The molecule has 3 N–H and O–H groups in total. The van der Waals surface area contributed by atoms with Gasteiger partial charge in [0, 0.05) is 18.4 Å². The van der Waals surface area contributed by atoms with E-state index in [-0.39, 0.29) is 11.0 Å². The molecule has 1 aromatic heterocycles. The average molecular weight is 196 g/mol. The highest BCUT2D eigenvalue weighted by molar-refractivity contribution is 7.80. The van der Waals surface area contributed by atoms with Crippen LogP contribution in [-0.4, -0.2) is 21.0 Å². The molecule has 0 atom stereocenters. The molecular weight excluding hydrogens is 184 g/mol. The lowest BCUT2D eigenvalue weighted by Gasteiger charge is -2.11. The Morgan fingerprint density at radius 2 is 2.08 bits per heavy atom. The Balaban J connectivity index is 2.98. The molecule has 0 saturated heterocycles. The van der Waals surface area contributed by atoms with Crippen molar-refractivity contribution in [2.45, 2.75) is 19.9 Å². The van der Waals surface area contributed by atoms with Crippen molar-refractivity contribution in [3.8, 4) is 0 Å². The molecule has 4 nitrogen and oxygen atoms in total. The van der Waals surface area contributed by atoms with Gasteiger partial charge in [-0.25, -0.2) is 9.97 Å². The van der Waals surface area contributed by atoms with Gasteiger partial charge in [-0.1, -0.05) is 12.2 Å². The fourth-order valence-corrected chi connectivity index (χ4v) is 1.05. The molecule has 0 saturated carbocycles. The second-order valence-electron chi connectivity index (χ2n) is 2.92. The number of aromatic nitrogens is 2. The van der Waals surface area contributed by atoms with Crippen molar-refractivity contribution >= 4 is 23.0 Å². The monoisotopic (exact) mass is 196 g/mol. The average Bonchev–Trinajstić information content (AvgIpc) is 2.03. The summed E-state index contributed by atoms with van der Waals surface area (Å²) in [5, 5.41) is 3.11. The molecule has 0 aromatic carbocycles. The van der Waals surface area contributed by atoms with Crippen LogP contribution in [0.25, 0.3) is 0 Å². The molecule has 0 aliphatic carbocycles. The zero-order valence-corrected chi connectivity index (χ0v) is 8.43. The summed E-state index contributed by atoms with van der Waals surface area (Å²) < 4.78 is 0. The maximum atomic E-state index is 5.48. The van der Waals surface area contributed by atoms with E-state index in [1.54, 1.807) is 12.4 Å². The van der Waals surface area contributed by atoms with Crippen LogP contribution in [0.1, 0.15) is 19.5 Å². The standard InChI is InChI=1S/C8H12N4S/c1-5(2)12-8-6(7(9)13)10-3-4-11-8/h3-5H,1-2H3,(H2,9,13)(H,11,12). The third-order valence-electron chi connectivity index (χ3n) is 1.36. The van der Waals surface area contributed by atoms with Crippen LogP contribution in [0, 0.1) is 0 Å². The normalized spacial score (nSPS) is 10.1. The van der Waals surface area contributed by atoms with E-state index in [2.05, 4.69) is 15.3 Å². The van der Waals surface area contributed by atoms with Gasteiger partial charge in [0.25, 0.3) is 0 Å². The summed E-state index contributed by atoms with van der Waals surface area (Å²) in [5.41, 5.74) is 6.03. The van der Waals surface area contributed by atoms with Gasteiger partial charge in [0.05, 0.1) is 0 Å². The second-order valence-corrected chi connectivity index (χ2v) is 3.36. The van der Waals surface area contributed by atoms with E-state index in [9.17, 15) is 0 Å². The fourth-order valence-electron chi connectivity index (χ4n) is 0.897. The molecule has 1 rings (SSSR count). The quantitative estimate of drug-likeness (QED) is 0.704. The van der Waals surface area contributed by atoms with E-state index in [0.29, 0.717) is 11.5 Å². The molecule has 70 valence electrons. The molecule has 5 heteroatoms. The van der Waals surface area contributed by atoms with Crippen LogP contribution in [0.3, 0.4) is 0 Å². The van der Waals surface area contributed by atoms with Crippen LogP contribution in [0.5, 0.6) is 0 Å². The van der Waals surface area contributed by atoms with Gasteiger partial charge in [0.1, 0.15) is 10.7 Å². The first kappa shape index (κ1) is 9.85. The minimum absolute atomic E-state index is 0.260. The van der Waals surface area contributed by atoms with Crippen molar-refractivity contribution in [3.63, 3.8) is 0 Å². The molecule has 1 heterocycles. The fraction of sp³-hybridized carbons (Fsp3) is 0.375. The number of nitrogens with two attached hydrogens (primary N) is 1. The Hall–Kier alpha value is -1.23. The summed E-state index contributed by atoms with van der Waals surface area (Å²) in [7, 11) is 0. The lowest BCUT2D eigenvalue weighted by molar-refractivity contribution is 0.884. The van der Waals surface area contributed by atoms with Crippen LogP contribution in [0.2, 0.25) is 0 Å². The number of anilines is 1. The molecule has 0 bridgehead atoms. The number of hydrogen-bond acceptors (Lipinski definition) is 4. The van der Waals surface area contributed by atoms with Gasteiger partial charge in [-0.3, -0.25) is 0 Å². The van der Waals surface area contributed by atoms with Gasteiger partial charge in [0.15, 0.2) is 5.82 Å². The van der Waals surface area contributed by atoms with E-state index in [1.165, 1.54) is 0 Å². The van der Waals surface area contributed by atoms with Crippen LogP contribution in [0.15, 0.2) is 12.4 Å². The third kappa shape index (κ3) is 2.62. The van der Waals surface area contributed by atoms with E-state index >= 15 is 0 Å². The smallest absolute Gasteiger partial charge is 0.155 e. The maximum Gasteiger partial charge on any atom is 0.155 e. The van der Waals surface area contributed by atoms with E-state index < -0.39 is 0 Å². The van der Waals surface area contributed by atoms with E-state index in [0.717, 1.165) is 0 Å². The van der Waals surface area contributed by atoms with Crippen molar-refractivity contribution in [1.82, 2.24) is 9.97 Å². The first-order chi connectivity index (χ1) is 6.11. The Bertz CT molecular complexity index is 311. The third-order valence-corrected chi connectivity index (χ3v) is 1.55. The van der Waals surface area contributed by atoms with Gasteiger partial charge >= 0.3 is 0 Å². The lowest BCUT2D eigenvalue weighted by Crippen LogP contribution is -2.19. The van der Waals surface area contributed by atoms with Crippen LogP contribution in [0.4, 0.5) is 5.82 Å². The lowest BCUT2D eigenvalue weighted by atomic mass is 10.3. The summed E-state index contributed by atoms with van der Waals surface area (Å²) in [6.45, 7) is 4.02. The Kier molecular flexibility index (Phi) is 3.13. The van der Waals surface area contributed by atoms with Gasteiger partial charge in [-0.05, 0) is 13.8 Å². The highest BCUT2D eigenvalue weighted by Crippen LogP contribution is 2.08. The molecule has 0 radical (unpaired) electrons. The molecule has 0 amide bonds. The molecular formula is C8H12N4S. The van der Waals surface area contributed by atoms with Crippen molar-refractivity contribution < 1.29 is 0 Å². The van der Waals surface area contributed by atoms with Crippen LogP contribution < -0.4 is 11.1 Å². The zero-order chi connectivity index (χ0) is 9.84. The molecule has 0 spiro atoms. The minimum Gasteiger partial charge on any atom is -0.388 e. The van der Waals surface area contributed by atoms with Crippen molar-refractivity contribution in [2.75, 3.05) is 5.32 Å².